The molecule has 0 unspecified atom stereocenters. The van der Waals surface area contributed by atoms with Crippen LogP contribution in [0.4, 0.5) is 5.00 Å². The van der Waals surface area contributed by atoms with Crippen molar-refractivity contribution in [3.63, 3.8) is 0 Å². The molecule has 21 heavy (non-hydrogen) atoms. The molecule has 0 bridgehead atoms. The first kappa shape index (κ1) is 12.9. The van der Waals surface area contributed by atoms with Gasteiger partial charge in [0.1, 0.15) is 18.0 Å². The Morgan fingerprint density at radius 3 is 3.10 bits per heavy atom. The molecule has 4 rings (SSSR count). The van der Waals surface area contributed by atoms with Gasteiger partial charge in [0.25, 0.3) is 0 Å². The van der Waals surface area contributed by atoms with Gasteiger partial charge in [0.05, 0.1) is 5.56 Å². The number of thiophene rings is 1. The summed E-state index contributed by atoms with van der Waals surface area (Å²) in [6, 6.07) is 10.2. The number of hydrogen-bond donors (Lipinski definition) is 0. The smallest absolute Gasteiger partial charge is 0.162 e. The van der Waals surface area contributed by atoms with Crippen LogP contribution in [-0.4, -0.2) is 14.8 Å². The Morgan fingerprint density at radius 1 is 1.33 bits per heavy atom. The van der Waals surface area contributed by atoms with E-state index in [1.165, 1.54) is 21.0 Å². The van der Waals surface area contributed by atoms with Crippen LogP contribution in [0.15, 0.2) is 36.7 Å². The highest BCUT2D eigenvalue weighted by Gasteiger charge is 2.25. The maximum Gasteiger partial charge on any atom is 0.162 e. The topological polar surface area (TPSA) is 34.0 Å². The number of benzene rings is 1. The first-order valence-corrected chi connectivity index (χ1v) is 7.88. The molecule has 2 aromatic heterocycles. The van der Waals surface area contributed by atoms with E-state index in [-0.39, 0.29) is 0 Å². The van der Waals surface area contributed by atoms with Crippen molar-refractivity contribution in [3.05, 3.63) is 52.1 Å². The molecule has 6 heteroatoms. The van der Waals surface area contributed by atoms with E-state index in [4.69, 9.17) is 11.6 Å². The molecule has 0 N–H and O–H groups in total. The minimum Gasteiger partial charge on any atom is -0.339 e. The molecular formula is C15H13ClN4S. The molecule has 0 aliphatic carbocycles. The van der Waals surface area contributed by atoms with Crippen molar-refractivity contribution in [1.29, 1.82) is 0 Å². The van der Waals surface area contributed by atoms with Gasteiger partial charge in [-0.05, 0) is 30.7 Å². The molecule has 4 nitrogen and oxygen atoms in total. The lowest BCUT2D eigenvalue weighted by Crippen LogP contribution is -2.29. The number of rotatable bonds is 2. The van der Waals surface area contributed by atoms with E-state index < -0.39 is 0 Å². The lowest BCUT2D eigenvalue weighted by Gasteiger charge is -2.28. The van der Waals surface area contributed by atoms with Gasteiger partial charge in [-0.25, -0.2) is 9.67 Å². The van der Waals surface area contributed by atoms with Gasteiger partial charge in [-0.15, -0.1) is 11.3 Å². The molecule has 0 saturated carbocycles. The fourth-order valence-corrected chi connectivity index (χ4v) is 3.88. The van der Waals surface area contributed by atoms with Crippen LogP contribution in [0.5, 0.6) is 0 Å². The molecule has 0 atom stereocenters. The average Bonchev–Trinajstić information content (AvgIpc) is 3.04. The molecule has 0 fully saturated rings. The number of aryl methyl sites for hydroxylation is 1. The van der Waals surface area contributed by atoms with Crippen LogP contribution in [-0.2, 0) is 13.2 Å². The zero-order valence-corrected chi connectivity index (χ0v) is 13.0. The summed E-state index contributed by atoms with van der Waals surface area (Å²) in [7, 11) is 0. The standard InChI is InChI=1S/C15H13ClN4S/c1-10-5-13-14-17-8-18-20(14)9-19(15(13)21-10)7-11-3-2-4-12(16)6-11/h2-6,8H,7,9H2,1H3. The Hall–Kier alpha value is -1.85. The van der Waals surface area contributed by atoms with Gasteiger partial charge in [-0.1, -0.05) is 23.7 Å². The normalized spacial score (nSPS) is 13.1. The van der Waals surface area contributed by atoms with Gasteiger partial charge in [0, 0.05) is 16.4 Å². The van der Waals surface area contributed by atoms with E-state index >= 15 is 0 Å². The highest BCUT2D eigenvalue weighted by molar-refractivity contribution is 7.16. The van der Waals surface area contributed by atoms with Crippen LogP contribution >= 0.6 is 22.9 Å². The van der Waals surface area contributed by atoms with Crippen LogP contribution in [0.3, 0.4) is 0 Å². The average molecular weight is 317 g/mol. The van der Waals surface area contributed by atoms with Crippen LogP contribution in [0.1, 0.15) is 10.4 Å². The van der Waals surface area contributed by atoms with Crippen LogP contribution < -0.4 is 4.90 Å². The number of fused-ring (bicyclic) bond motifs is 3. The molecular weight excluding hydrogens is 304 g/mol. The van der Waals surface area contributed by atoms with Crippen molar-refractivity contribution in [2.75, 3.05) is 4.90 Å². The van der Waals surface area contributed by atoms with Crippen molar-refractivity contribution in [3.8, 4) is 11.4 Å². The van der Waals surface area contributed by atoms with Crippen molar-refractivity contribution in [2.24, 2.45) is 0 Å². The zero-order valence-electron chi connectivity index (χ0n) is 11.5. The number of anilines is 1. The van der Waals surface area contributed by atoms with Crippen LogP contribution in [0.25, 0.3) is 11.4 Å². The molecule has 1 aliphatic heterocycles. The summed E-state index contributed by atoms with van der Waals surface area (Å²) in [6.07, 6.45) is 1.62. The van der Waals surface area contributed by atoms with Gasteiger partial charge in [-0.3, -0.25) is 0 Å². The number of aromatic nitrogens is 3. The second kappa shape index (κ2) is 4.86. The highest BCUT2D eigenvalue weighted by Crippen LogP contribution is 2.41. The lowest BCUT2D eigenvalue weighted by molar-refractivity contribution is 0.572. The zero-order chi connectivity index (χ0) is 14.4. The summed E-state index contributed by atoms with van der Waals surface area (Å²) in [5, 5.41) is 6.35. The van der Waals surface area contributed by atoms with Gasteiger partial charge < -0.3 is 4.90 Å². The van der Waals surface area contributed by atoms with E-state index in [0.29, 0.717) is 0 Å². The molecule has 0 spiro atoms. The quantitative estimate of drug-likeness (QED) is 0.718. The first-order chi connectivity index (χ1) is 10.2. The molecule has 106 valence electrons. The Morgan fingerprint density at radius 2 is 2.24 bits per heavy atom. The van der Waals surface area contributed by atoms with Gasteiger partial charge in [0.2, 0.25) is 0 Å². The number of nitrogens with zero attached hydrogens (tertiary/aromatic N) is 4. The molecule has 3 heterocycles. The molecule has 3 aromatic rings. The van der Waals surface area contributed by atoms with Crippen molar-refractivity contribution in [2.45, 2.75) is 20.1 Å². The fraction of sp³-hybridized carbons (Fsp3) is 0.200. The third-order valence-corrected chi connectivity index (χ3v) is 4.89. The van der Waals surface area contributed by atoms with Crippen molar-refractivity contribution < 1.29 is 0 Å². The maximum absolute atomic E-state index is 6.09. The molecule has 1 aromatic carbocycles. The van der Waals surface area contributed by atoms with Crippen molar-refractivity contribution >= 4 is 27.9 Å². The fourth-order valence-electron chi connectivity index (χ4n) is 2.68. The van der Waals surface area contributed by atoms with E-state index in [0.717, 1.165) is 24.1 Å². The third-order valence-electron chi connectivity index (χ3n) is 3.55. The van der Waals surface area contributed by atoms with E-state index in [9.17, 15) is 0 Å². The predicted molar refractivity (Wildman–Crippen MR) is 85.7 cm³/mol. The van der Waals surface area contributed by atoms with E-state index in [2.05, 4.69) is 34.0 Å². The summed E-state index contributed by atoms with van der Waals surface area (Å²) in [4.78, 5) is 7.98. The largest absolute Gasteiger partial charge is 0.339 e. The molecule has 0 saturated heterocycles. The summed E-state index contributed by atoms with van der Waals surface area (Å²) >= 11 is 7.89. The third kappa shape index (κ3) is 2.22. The Kier molecular flexibility index (Phi) is 2.97. The summed E-state index contributed by atoms with van der Waals surface area (Å²) in [5.41, 5.74) is 2.37. The first-order valence-electron chi connectivity index (χ1n) is 6.69. The lowest BCUT2D eigenvalue weighted by atomic mass is 10.2. The SMILES string of the molecule is Cc1cc2c(s1)N(Cc1cccc(Cl)c1)Cn1ncnc1-2. The summed E-state index contributed by atoms with van der Waals surface area (Å²) in [5.74, 6) is 0.955. The summed E-state index contributed by atoms with van der Waals surface area (Å²) < 4.78 is 1.94. The van der Waals surface area contributed by atoms with E-state index in [1.54, 1.807) is 17.7 Å². The maximum atomic E-state index is 6.09. The second-order valence-electron chi connectivity index (χ2n) is 5.13. The minimum absolute atomic E-state index is 0.717. The van der Waals surface area contributed by atoms with Gasteiger partial charge in [0.15, 0.2) is 5.82 Å². The van der Waals surface area contributed by atoms with E-state index in [1.807, 2.05) is 22.9 Å². The minimum atomic E-state index is 0.717. The Bertz CT molecular complexity index is 808. The highest BCUT2D eigenvalue weighted by atomic mass is 35.5. The monoisotopic (exact) mass is 316 g/mol. The summed E-state index contributed by atoms with van der Waals surface area (Å²) in [6.45, 7) is 3.66. The van der Waals surface area contributed by atoms with Crippen molar-refractivity contribution in [1.82, 2.24) is 14.8 Å². The van der Waals surface area contributed by atoms with Gasteiger partial charge in [-0.2, -0.15) is 5.10 Å². The predicted octanol–water partition coefficient (Wildman–Crippen LogP) is 3.95. The Labute approximate surface area is 131 Å². The Balaban J connectivity index is 1.74. The molecule has 0 radical (unpaired) electrons. The molecule has 0 amide bonds. The van der Waals surface area contributed by atoms with Crippen LogP contribution in [0.2, 0.25) is 5.02 Å². The number of halogens is 1. The van der Waals surface area contributed by atoms with Gasteiger partial charge >= 0.3 is 0 Å². The molecule has 1 aliphatic rings. The number of hydrogen-bond acceptors (Lipinski definition) is 4. The second-order valence-corrected chi connectivity index (χ2v) is 6.80. The van der Waals surface area contributed by atoms with Crippen LogP contribution in [0, 0.1) is 6.92 Å².